The molecule has 0 spiro atoms. The van der Waals surface area contributed by atoms with Crippen LogP contribution in [0.25, 0.3) is 0 Å². The molecule has 7 nitrogen and oxygen atoms in total. The molecule has 1 unspecified atom stereocenters. The third-order valence-electron chi connectivity index (χ3n) is 6.29. The fraction of sp³-hybridized carbons (Fsp3) is 0.464. The van der Waals surface area contributed by atoms with Gasteiger partial charge in [0.05, 0.1) is 12.1 Å². The van der Waals surface area contributed by atoms with E-state index in [1.165, 1.54) is 28.2 Å². The molecule has 0 aromatic rings. The Kier molecular flexibility index (Phi) is 11.5. The van der Waals surface area contributed by atoms with Crippen LogP contribution in [0.15, 0.2) is 75.8 Å². The molecule has 0 radical (unpaired) electrons. The average Bonchev–Trinajstić information content (AvgIpc) is 3.23. The number of aliphatic hydroxyl groups excluding tert-OH is 1. The third kappa shape index (κ3) is 7.88. The molecule has 0 aromatic heterocycles. The van der Waals surface area contributed by atoms with Gasteiger partial charge in [-0.25, -0.2) is 4.39 Å². The lowest BCUT2D eigenvalue weighted by atomic mass is 9.91. The molecule has 1 aliphatic heterocycles. The van der Waals surface area contributed by atoms with E-state index in [4.69, 9.17) is 0 Å². The highest BCUT2D eigenvalue weighted by Gasteiger charge is 2.32. The van der Waals surface area contributed by atoms with Gasteiger partial charge in [0.2, 0.25) is 5.91 Å². The quantitative estimate of drug-likeness (QED) is 0.252. The standard InChI is InChI=1S/C26H33FN4O3.C2H6/c1-28-25(22-14-19-9-5-4-6-10-20(19)17-30(22)2)31(3)26(34)23(32)15-24(33)29-16-18-8-7-11-21(27)13-12-18;1-2/h6,8,10-13,15,22,32H,4-5,7,9,14,16-17H2,1-3H3,(H,29,33);1-2H3/b23-15-,28-25?;. The summed E-state index contributed by atoms with van der Waals surface area (Å²) >= 11 is 0. The normalized spacial score (nSPS) is 20.8. The second-order valence-corrected chi connectivity index (χ2v) is 8.69. The lowest BCUT2D eigenvalue weighted by molar-refractivity contribution is -0.126. The highest BCUT2D eigenvalue weighted by molar-refractivity contribution is 6.08. The number of rotatable bonds is 5. The summed E-state index contributed by atoms with van der Waals surface area (Å²) < 4.78 is 13.3. The van der Waals surface area contributed by atoms with Gasteiger partial charge >= 0.3 is 0 Å². The predicted octanol–water partition coefficient (Wildman–Crippen LogP) is 4.54. The van der Waals surface area contributed by atoms with E-state index in [0.717, 1.165) is 43.9 Å². The van der Waals surface area contributed by atoms with Crippen LogP contribution < -0.4 is 5.32 Å². The van der Waals surface area contributed by atoms with Crippen LogP contribution in [0.2, 0.25) is 0 Å². The van der Waals surface area contributed by atoms with E-state index in [1.807, 2.05) is 20.9 Å². The van der Waals surface area contributed by atoms with Gasteiger partial charge in [-0.3, -0.25) is 24.4 Å². The molecule has 0 bridgehead atoms. The lowest BCUT2D eigenvalue weighted by Gasteiger charge is -2.37. The average molecular weight is 499 g/mol. The molecule has 3 rings (SSSR count). The fourth-order valence-electron chi connectivity index (χ4n) is 4.39. The van der Waals surface area contributed by atoms with Crippen molar-refractivity contribution in [2.45, 2.75) is 52.0 Å². The van der Waals surface area contributed by atoms with E-state index in [0.29, 0.717) is 12.3 Å². The number of amidine groups is 1. The first-order valence-corrected chi connectivity index (χ1v) is 12.5. The number of hydrogen-bond acceptors (Lipinski definition) is 5. The van der Waals surface area contributed by atoms with Crippen molar-refractivity contribution in [2.24, 2.45) is 4.99 Å². The summed E-state index contributed by atoms with van der Waals surface area (Å²) in [5.74, 6) is -1.78. The van der Waals surface area contributed by atoms with E-state index in [9.17, 15) is 19.1 Å². The van der Waals surface area contributed by atoms with Crippen molar-refractivity contribution in [2.75, 3.05) is 34.2 Å². The zero-order valence-corrected chi connectivity index (χ0v) is 22.1. The molecule has 8 heteroatoms. The zero-order chi connectivity index (χ0) is 26.7. The van der Waals surface area contributed by atoms with Gasteiger partial charge in [0.1, 0.15) is 11.7 Å². The minimum absolute atomic E-state index is 0.103. The first-order valence-electron chi connectivity index (χ1n) is 12.5. The van der Waals surface area contributed by atoms with Gasteiger partial charge < -0.3 is 10.4 Å². The van der Waals surface area contributed by atoms with Crippen molar-refractivity contribution in [3.8, 4) is 0 Å². The van der Waals surface area contributed by atoms with Crippen LogP contribution >= 0.6 is 0 Å². The number of hydrogen-bond donors (Lipinski definition) is 2. The smallest absolute Gasteiger partial charge is 0.293 e. The molecule has 36 heavy (non-hydrogen) atoms. The maximum atomic E-state index is 13.3. The van der Waals surface area contributed by atoms with Crippen LogP contribution in [0.5, 0.6) is 0 Å². The van der Waals surface area contributed by atoms with Crippen molar-refractivity contribution >= 4 is 17.6 Å². The largest absolute Gasteiger partial charge is 0.503 e. The van der Waals surface area contributed by atoms with Crippen molar-refractivity contribution in [3.63, 3.8) is 0 Å². The molecule has 2 N–H and O–H groups in total. The molecule has 196 valence electrons. The van der Waals surface area contributed by atoms with Gasteiger partial charge in [-0.05, 0) is 62.5 Å². The van der Waals surface area contributed by atoms with Gasteiger partial charge in [-0.2, -0.15) is 0 Å². The van der Waals surface area contributed by atoms with Crippen LogP contribution in [0, 0.1) is 0 Å². The Morgan fingerprint density at radius 3 is 2.75 bits per heavy atom. The Morgan fingerprint density at radius 1 is 1.28 bits per heavy atom. The SMILES string of the molecule is CC.CN=C(C1CC2=C(C=CCCC2)CN1C)N(C)C(=O)/C(O)=C/C(=O)NCC1=CCC=C(F)C=C1. The monoisotopic (exact) mass is 498 g/mol. The Hall–Kier alpha value is -3.26. The number of aliphatic hydroxyl groups is 1. The second kappa shape index (κ2) is 14.3. The number of carbonyl (C=O) groups excluding carboxylic acids is 2. The van der Waals surface area contributed by atoms with Gasteiger partial charge in [0.25, 0.3) is 5.91 Å². The summed E-state index contributed by atoms with van der Waals surface area (Å²) in [4.78, 5) is 33.0. The minimum atomic E-state index is -0.704. The number of likely N-dealkylation sites (N-methyl/N-ethyl adjacent to an activating group) is 2. The first kappa shape index (κ1) is 29.0. The number of halogens is 1. The molecule has 1 atom stereocenters. The van der Waals surface area contributed by atoms with E-state index >= 15 is 0 Å². The Morgan fingerprint density at radius 2 is 2.03 bits per heavy atom. The molecule has 0 saturated carbocycles. The van der Waals surface area contributed by atoms with Gasteiger partial charge in [0.15, 0.2) is 5.76 Å². The maximum absolute atomic E-state index is 13.3. The summed E-state index contributed by atoms with van der Waals surface area (Å²) in [5, 5.41) is 13.0. The van der Waals surface area contributed by atoms with Crippen LogP contribution in [-0.2, 0) is 9.59 Å². The van der Waals surface area contributed by atoms with E-state index in [2.05, 4.69) is 27.4 Å². The van der Waals surface area contributed by atoms with Crippen LogP contribution in [0.4, 0.5) is 4.39 Å². The zero-order valence-electron chi connectivity index (χ0n) is 22.1. The number of carbonyl (C=O) groups is 2. The fourth-order valence-corrected chi connectivity index (χ4v) is 4.39. The van der Waals surface area contributed by atoms with E-state index in [-0.39, 0.29) is 18.4 Å². The summed E-state index contributed by atoms with van der Waals surface area (Å²) in [7, 11) is 5.18. The van der Waals surface area contributed by atoms with E-state index in [1.54, 1.807) is 26.2 Å². The molecule has 0 saturated heterocycles. The van der Waals surface area contributed by atoms with Crippen LogP contribution in [-0.4, -0.2) is 72.8 Å². The molecular formula is C28H39FN4O3. The van der Waals surface area contributed by atoms with E-state index < -0.39 is 17.6 Å². The predicted molar refractivity (Wildman–Crippen MR) is 143 cm³/mol. The maximum Gasteiger partial charge on any atom is 0.293 e. The number of amides is 2. The van der Waals surface area contributed by atoms with Gasteiger partial charge in [-0.15, -0.1) is 0 Å². The van der Waals surface area contributed by atoms with Crippen molar-refractivity contribution in [1.29, 1.82) is 0 Å². The Bertz CT molecular complexity index is 1030. The molecule has 2 aliphatic carbocycles. The van der Waals surface area contributed by atoms with Crippen molar-refractivity contribution < 1.29 is 19.1 Å². The summed E-state index contributed by atoms with van der Waals surface area (Å²) in [6.45, 7) is 4.93. The molecule has 0 fully saturated rings. The topological polar surface area (TPSA) is 85.2 Å². The van der Waals surface area contributed by atoms with Crippen LogP contribution in [0.1, 0.15) is 46.0 Å². The molecular weight excluding hydrogens is 459 g/mol. The second-order valence-electron chi connectivity index (χ2n) is 8.69. The summed E-state index contributed by atoms with van der Waals surface area (Å²) in [6, 6.07) is -0.103. The molecule has 2 amide bonds. The Labute approximate surface area is 214 Å². The molecule has 3 aliphatic rings. The minimum Gasteiger partial charge on any atom is -0.503 e. The Balaban J connectivity index is 0.00000222. The molecule has 0 aromatic carbocycles. The number of aliphatic imine (C=N–C) groups is 1. The van der Waals surface area contributed by atoms with Gasteiger partial charge in [0, 0.05) is 27.2 Å². The van der Waals surface area contributed by atoms with Crippen molar-refractivity contribution in [1.82, 2.24) is 15.1 Å². The highest BCUT2D eigenvalue weighted by Crippen LogP contribution is 2.30. The van der Waals surface area contributed by atoms with Crippen LogP contribution in [0.3, 0.4) is 0 Å². The third-order valence-corrected chi connectivity index (χ3v) is 6.29. The number of nitrogens with zero attached hydrogens (tertiary/aromatic N) is 3. The summed E-state index contributed by atoms with van der Waals surface area (Å²) in [5.41, 5.74) is 3.45. The number of allylic oxidation sites excluding steroid dienone is 5. The van der Waals surface area contributed by atoms with Gasteiger partial charge in [-0.1, -0.05) is 43.7 Å². The lowest BCUT2D eigenvalue weighted by Crippen LogP contribution is -2.50. The number of nitrogens with one attached hydrogen (secondary N) is 1. The first-order chi connectivity index (χ1) is 17.3. The van der Waals surface area contributed by atoms with Crippen molar-refractivity contribution in [3.05, 3.63) is 70.8 Å². The molecule has 1 heterocycles. The summed E-state index contributed by atoms with van der Waals surface area (Å²) in [6.07, 6.45) is 15.8. The highest BCUT2D eigenvalue weighted by atomic mass is 19.1.